The first kappa shape index (κ1) is 16.1. The standard InChI is InChI=1S/C16H13ClN2O5/c1-9(15(20)19-14-5-3-11(17)7-18-14)24-16(21)10-2-4-12-13(6-10)23-8-22-12/h2-7,9H,8H2,1H3,(H,18,19,20)/t9-/m1/s1. The van der Waals surface area contributed by atoms with Crippen molar-refractivity contribution in [3.05, 3.63) is 47.1 Å². The minimum Gasteiger partial charge on any atom is -0.454 e. The van der Waals surface area contributed by atoms with E-state index in [2.05, 4.69) is 10.3 Å². The van der Waals surface area contributed by atoms with Gasteiger partial charge in [0.1, 0.15) is 5.82 Å². The lowest BCUT2D eigenvalue weighted by Crippen LogP contribution is -2.30. The molecule has 0 bridgehead atoms. The van der Waals surface area contributed by atoms with Gasteiger partial charge in [0.2, 0.25) is 6.79 Å². The van der Waals surface area contributed by atoms with Crippen molar-refractivity contribution in [1.29, 1.82) is 0 Å². The van der Waals surface area contributed by atoms with E-state index in [1.165, 1.54) is 19.2 Å². The number of carbonyl (C=O) groups is 2. The first-order valence-electron chi connectivity index (χ1n) is 7.06. The molecule has 0 aliphatic carbocycles. The smallest absolute Gasteiger partial charge is 0.339 e. The van der Waals surface area contributed by atoms with Gasteiger partial charge in [0.15, 0.2) is 17.6 Å². The van der Waals surface area contributed by atoms with Crippen molar-refractivity contribution in [2.45, 2.75) is 13.0 Å². The number of amides is 1. The number of pyridine rings is 1. The van der Waals surface area contributed by atoms with Gasteiger partial charge >= 0.3 is 5.97 Å². The van der Waals surface area contributed by atoms with Crippen molar-refractivity contribution < 1.29 is 23.8 Å². The third-order valence-electron chi connectivity index (χ3n) is 3.24. The molecule has 2 heterocycles. The van der Waals surface area contributed by atoms with Crippen LogP contribution in [0.1, 0.15) is 17.3 Å². The molecule has 124 valence electrons. The summed E-state index contributed by atoms with van der Waals surface area (Å²) in [6.45, 7) is 1.58. The lowest BCUT2D eigenvalue weighted by Gasteiger charge is -2.13. The van der Waals surface area contributed by atoms with E-state index in [0.717, 1.165) is 0 Å². The van der Waals surface area contributed by atoms with Crippen molar-refractivity contribution in [3.63, 3.8) is 0 Å². The number of hydrogen-bond acceptors (Lipinski definition) is 6. The average molecular weight is 349 g/mol. The molecule has 1 atom stereocenters. The van der Waals surface area contributed by atoms with E-state index in [-0.39, 0.29) is 12.4 Å². The van der Waals surface area contributed by atoms with Crippen LogP contribution >= 0.6 is 11.6 Å². The van der Waals surface area contributed by atoms with E-state index in [4.69, 9.17) is 25.8 Å². The maximum absolute atomic E-state index is 12.1. The minimum atomic E-state index is -1.000. The highest BCUT2D eigenvalue weighted by molar-refractivity contribution is 6.30. The molecule has 1 aliphatic rings. The third kappa shape index (κ3) is 3.57. The Morgan fingerprint density at radius 3 is 2.79 bits per heavy atom. The average Bonchev–Trinajstić information content (AvgIpc) is 3.04. The Morgan fingerprint density at radius 1 is 1.25 bits per heavy atom. The number of fused-ring (bicyclic) bond motifs is 1. The second kappa shape index (κ2) is 6.76. The number of rotatable bonds is 4. The molecule has 0 spiro atoms. The molecule has 2 aromatic rings. The molecule has 0 fully saturated rings. The van der Waals surface area contributed by atoms with Gasteiger partial charge in [0.05, 0.1) is 10.6 Å². The molecule has 8 heteroatoms. The maximum atomic E-state index is 12.1. The van der Waals surface area contributed by atoms with E-state index >= 15 is 0 Å². The molecule has 3 rings (SSSR count). The lowest BCUT2D eigenvalue weighted by atomic mass is 10.2. The fourth-order valence-electron chi connectivity index (χ4n) is 1.98. The summed E-state index contributed by atoms with van der Waals surface area (Å²) in [4.78, 5) is 28.1. The van der Waals surface area contributed by atoms with Gasteiger partial charge in [-0.1, -0.05) is 11.6 Å². The van der Waals surface area contributed by atoms with Gasteiger partial charge in [-0.15, -0.1) is 0 Å². The molecule has 1 amide bonds. The summed E-state index contributed by atoms with van der Waals surface area (Å²) in [6.07, 6.45) is 0.404. The summed E-state index contributed by atoms with van der Waals surface area (Å²) in [5.74, 6) is 0.201. The molecule has 7 nitrogen and oxygen atoms in total. The molecule has 24 heavy (non-hydrogen) atoms. The fraction of sp³-hybridized carbons (Fsp3) is 0.188. The van der Waals surface area contributed by atoms with Crippen LogP contribution in [0.4, 0.5) is 5.82 Å². The number of benzene rings is 1. The van der Waals surface area contributed by atoms with Crippen molar-refractivity contribution in [2.75, 3.05) is 12.1 Å². The highest BCUT2D eigenvalue weighted by Gasteiger charge is 2.22. The van der Waals surface area contributed by atoms with E-state index in [1.54, 1.807) is 24.3 Å². The quantitative estimate of drug-likeness (QED) is 0.855. The number of nitrogens with one attached hydrogen (secondary N) is 1. The van der Waals surface area contributed by atoms with Gasteiger partial charge in [-0.2, -0.15) is 0 Å². The molecule has 0 radical (unpaired) electrons. The van der Waals surface area contributed by atoms with Crippen LogP contribution in [0.5, 0.6) is 11.5 Å². The molecular formula is C16H13ClN2O5. The molecule has 0 saturated carbocycles. The van der Waals surface area contributed by atoms with Gasteiger partial charge in [0, 0.05) is 6.20 Å². The predicted molar refractivity (Wildman–Crippen MR) is 85.3 cm³/mol. The lowest BCUT2D eigenvalue weighted by molar-refractivity contribution is -0.123. The van der Waals surface area contributed by atoms with Crippen LogP contribution in [0.15, 0.2) is 36.5 Å². The first-order valence-corrected chi connectivity index (χ1v) is 7.44. The highest BCUT2D eigenvalue weighted by Crippen LogP contribution is 2.32. The van der Waals surface area contributed by atoms with E-state index in [0.29, 0.717) is 22.3 Å². The summed E-state index contributed by atoms with van der Waals surface area (Å²) in [5, 5.41) is 2.99. The Labute approximate surface area is 142 Å². The van der Waals surface area contributed by atoms with E-state index in [1.807, 2.05) is 0 Å². The second-order valence-electron chi connectivity index (χ2n) is 4.97. The number of ether oxygens (including phenoxy) is 3. The SMILES string of the molecule is C[C@@H](OC(=O)c1ccc2c(c1)OCO2)C(=O)Nc1ccc(Cl)cn1. The van der Waals surface area contributed by atoms with Crippen molar-refractivity contribution >= 4 is 29.3 Å². The zero-order valence-electron chi connectivity index (χ0n) is 12.6. The third-order valence-corrected chi connectivity index (χ3v) is 3.46. The zero-order valence-corrected chi connectivity index (χ0v) is 13.4. The van der Waals surface area contributed by atoms with Crippen LogP contribution in [-0.4, -0.2) is 29.8 Å². The summed E-state index contributed by atoms with van der Waals surface area (Å²) in [7, 11) is 0. The van der Waals surface area contributed by atoms with Gasteiger partial charge in [-0.25, -0.2) is 9.78 Å². The Kier molecular flexibility index (Phi) is 4.52. The van der Waals surface area contributed by atoms with Crippen LogP contribution < -0.4 is 14.8 Å². The zero-order chi connectivity index (χ0) is 17.1. The van der Waals surface area contributed by atoms with Crippen LogP contribution in [-0.2, 0) is 9.53 Å². The normalized spacial score (nSPS) is 13.2. The van der Waals surface area contributed by atoms with Crippen LogP contribution in [0.2, 0.25) is 5.02 Å². The number of esters is 1. The van der Waals surface area contributed by atoms with Crippen molar-refractivity contribution in [2.24, 2.45) is 0 Å². The number of anilines is 1. The summed E-state index contributed by atoms with van der Waals surface area (Å²) >= 11 is 5.72. The topological polar surface area (TPSA) is 86.8 Å². The number of carbonyl (C=O) groups excluding carboxylic acids is 2. The van der Waals surface area contributed by atoms with Gasteiger partial charge in [-0.05, 0) is 37.3 Å². The number of nitrogens with zero attached hydrogens (tertiary/aromatic N) is 1. The fourth-order valence-corrected chi connectivity index (χ4v) is 2.10. The molecule has 1 N–H and O–H groups in total. The molecule has 1 aliphatic heterocycles. The Morgan fingerprint density at radius 2 is 2.04 bits per heavy atom. The number of hydrogen-bond donors (Lipinski definition) is 1. The van der Waals surface area contributed by atoms with Gasteiger partial charge < -0.3 is 19.5 Å². The van der Waals surface area contributed by atoms with Gasteiger partial charge in [-0.3, -0.25) is 4.79 Å². The maximum Gasteiger partial charge on any atom is 0.339 e. The number of aromatic nitrogens is 1. The monoisotopic (exact) mass is 348 g/mol. The second-order valence-corrected chi connectivity index (χ2v) is 5.40. The summed E-state index contributed by atoms with van der Waals surface area (Å²) < 4.78 is 15.5. The van der Waals surface area contributed by atoms with E-state index in [9.17, 15) is 9.59 Å². The Balaban J connectivity index is 1.61. The molecular weight excluding hydrogens is 336 g/mol. The van der Waals surface area contributed by atoms with Crippen LogP contribution in [0, 0.1) is 0 Å². The highest BCUT2D eigenvalue weighted by atomic mass is 35.5. The molecule has 1 aromatic carbocycles. The number of halogens is 1. The van der Waals surface area contributed by atoms with E-state index < -0.39 is 18.0 Å². The van der Waals surface area contributed by atoms with Crippen LogP contribution in [0.25, 0.3) is 0 Å². The van der Waals surface area contributed by atoms with Gasteiger partial charge in [0.25, 0.3) is 5.91 Å². The minimum absolute atomic E-state index is 0.112. The van der Waals surface area contributed by atoms with Crippen LogP contribution in [0.3, 0.4) is 0 Å². The molecule has 0 saturated heterocycles. The van der Waals surface area contributed by atoms with Crippen molar-refractivity contribution in [1.82, 2.24) is 4.98 Å². The Hall–Kier alpha value is -2.80. The summed E-state index contributed by atoms with van der Waals surface area (Å²) in [6, 6.07) is 7.80. The first-order chi connectivity index (χ1) is 11.5. The predicted octanol–water partition coefficient (Wildman–Crippen LogP) is 2.65. The Bertz CT molecular complexity index is 779. The van der Waals surface area contributed by atoms with Crippen molar-refractivity contribution in [3.8, 4) is 11.5 Å². The molecule has 1 aromatic heterocycles. The molecule has 0 unspecified atom stereocenters. The largest absolute Gasteiger partial charge is 0.454 e. The summed E-state index contributed by atoms with van der Waals surface area (Å²) in [5.41, 5.74) is 0.267.